The van der Waals surface area contributed by atoms with Gasteiger partial charge in [-0.1, -0.05) is 60.7 Å². The number of aryl methyl sites for hydroxylation is 1. The number of rotatable bonds is 7. The van der Waals surface area contributed by atoms with Gasteiger partial charge in [-0.25, -0.2) is 4.98 Å². The van der Waals surface area contributed by atoms with E-state index >= 15 is 0 Å². The van der Waals surface area contributed by atoms with Crippen molar-refractivity contribution in [3.05, 3.63) is 130 Å². The lowest BCUT2D eigenvalue weighted by atomic mass is 9.98. The molecule has 1 aromatic heterocycles. The lowest BCUT2D eigenvalue weighted by molar-refractivity contribution is -0.0498. The maximum Gasteiger partial charge on any atom is 0.387 e. The van der Waals surface area contributed by atoms with Crippen molar-refractivity contribution in [1.82, 2.24) is 9.55 Å². The molecule has 186 valence electrons. The Morgan fingerprint density at radius 2 is 1.38 bits per heavy atom. The second-order valence-electron chi connectivity index (χ2n) is 8.69. The van der Waals surface area contributed by atoms with Gasteiger partial charge in [0, 0.05) is 18.4 Å². The van der Waals surface area contributed by atoms with Crippen LogP contribution in [0.5, 0.6) is 5.75 Å². The van der Waals surface area contributed by atoms with Crippen LogP contribution in [0.15, 0.2) is 108 Å². The van der Waals surface area contributed by atoms with Crippen molar-refractivity contribution in [3.63, 3.8) is 0 Å². The van der Waals surface area contributed by atoms with Crippen LogP contribution in [0.2, 0.25) is 0 Å². The van der Waals surface area contributed by atoms with Gasteiger partial charge in [0.15, 0.2) is 0 Å². The van der Waals surface area contributed by atoms with Gasteiger partial charge in [0.2, 0.25) is 0 Å². The molecule has 0 radical (unpaired) electrons. The van der Waals surface area contributed by atoms with Crippen LogP contribution in [0.25, 0.3) is 10.9 Å². The molecule has 37 heavy (non-hydrogen) atoms. The Morgan fingerprint density at radius 1 is 0.811 bits per heavy atom. The van der Waals surface area contributed by atoms with Gasteiger partial charge in [-0.3, -0.25) is 9.36 Å². The van der Waals surface area contributed by atoms with Gasteiger partial charge in [-0.2, -0.15) is 8.78 Å². The molecule has 0 unspecified atom stereocenters. The van der Waals surface area contributed by atoms with Crippen molar-refractivity contribution in [2.75, 3.05) is 11.9 Å². The lowest BCUT2D eigenvalue weighted by Gasteiger charge is -2.24. The molecule has 5 rings (SSSR count). The number of nitrogens with zero attached hydrogens (tertiary/aromatic N) is 3. The third-order valence-corrected chi connectivity index (χ3v) is 6.39. The average molecular weight is 498 g/mol. The molecule has 5 aromatic rings. The standard InChI is InChI=1S/C30H25F2N3O2/c1-20-33-27-18-15-24(34(2)23-13-16-25(17-14-23)37-30(31)32)19-26(27)29(36)35(20)28(21-9-5-3-6-10-21)22-11-7-4-8-12-22/h3-19,28,30H,1-2H3. The molecule has 0 aliphatic heterocycles. The van der Waals surface area contributed by atoms with E-state index in [1.54, 1.807) is 16.7 Å². The normalized spacial score (nSPS) is 11.3. The van der Waals surface area contributed by atoms with Crippen molar-refractivity contribution >= 4 is 22.3 Å². The first-order chi connectivity index (χ1) is 17.9. The number of alkyl halides is 2. The summed E-state index contributed by atoms with van der Waals surface area (Å²) in [6, 6.07) is 31.4. The molecule has 0 saturated heterocycles. The summed E-state index contributed by atoms with van der Waals surface area (Å²) in [6.07, 6.45) is 0. The van der Waals surface area contributed by atoms with Crippen molar-refractivity contribution in [3.8, 4) is 5.75 Å². The molecule has 0 saturated carbocycles. The minimum Gasteiger partial charge on any atom is -0.435 e. The first-order valence-corrected chi connectivity index (χ1v) is 11.8. The van der Waals surface area contributed by atoms with Gasteiger partial charge < -0.3 is 9.64 Å². The van der Waals surface area contributed by atoms with E-state index in [0.717, 1.165) is 22.5 Å². The highest BCUT2D eigenvalue weighted by molar-refractivity contribution is 5.83. The summed E-state index contributed by atoms with van der Waals surface area (Å²) in [7, 11) is 1.85. The summed E-state index contributed by atoms with van der Waals surface area (Å²) >= 11 is 0. The molecule has 4 aromatic carbocycles. The van der Waals surface area contributed by atoms with E-state index in [2.05, 4.69) is 4.74 Å². The molecule has 0 atom stereocenters. The number of hydrogen-bond donors (Lipinski definition) is 0. The van der Waals surface area contributed by atoms with Gasteiger partial charge in [0.1, 0.15) is 11.6 Å². The van der Waals surface area contributed by atoms with Gasteiger partial charge in [0.25, 0.3) is 5.56 Å². The molecule has 0 spiro atoms. The Hall–Kier alpha value is -4.52. The van der Waals surface area contributed by atoms with Gasteiger partial charge in [0.05, 0.1) is 16.9 Å². The smallest absolute Gasteiger partial charge is 0.387 e. The van der Waals surface area contributed by atoms with Crippen LogP contribution in [0.4, 0.5) is 20.2 Å². The summed E-state index contributed by atoms with van der Waals surface area (Å²) in [4.78, 5) is 20.7. The van der Waals surface area contributed by atoms with Crippen LogP contribution in [0.1, 0.15) is 23.0 Å². The molecule has 0 fully saturated rings. The van der Waals surface area contributed by atoms with E-state index in [4.69, 9.17) is 4.98 Å². The Kier molecular flexibility index (Phi) is 6.68. The van der Waals surface area contributed by atoms with Crippen LogP contribution in [-0.4, -0.2) is 23.2 Å². The Bertz CT molecular complexity index is 1530. The zero-order valence-electron chi connectivity index (χ0n) is 20.4. The van der Waals surface area contributed by atoms with E-state index < -0.39 is 6.61 Å². The number of halogens is 2. The van der Waals surface area contributed by atoms with E-state index in [1.165, 1.54) is 12.1 Å². The summed E-state index contributed by atoms with van der Waals surface area (Å²) in [5.74, 6) is 0.701. The van der Waals surface area contributed by atoms with Crippen LogP contribution in [0, 0.1) is 6.92 Å². The van der Waals surface area contributed by atoms with Gasteiger partial charge in [-0.05, 0) is 60.5 Å². The highest BCUT2D eigenvalue weighted by Crippen LogP contribution is 2.30. The molecule has 0 aliphatic carbocycles. The molecule has 5 nitrogen and oxygen atoms in total. The summed E-state index contributed by atoms with van der Waals surface area (Å²) < 4.78 is 31.2. The number of benzene rings is 4. The highest BCUT2D eigenvalue weighted by atomic mass is 19.3. The predicted octanol–water partition coefficient (Wildman–Crippen LogP) is 6.71. The number of anilines is 2. The monoisotopic (exact) mass is 497 g/mol. The fraction of sp³-hybridized carbons (Fsp3) is 0.133. The molecule has 0 bridgehead atoms. The fourth-order valence-corrected chi connectivity index (χ4v) is 4.57. The molecule has 0 N–H and O–H groups in total. The SMILES string of the molecule is Cc1nc2ccc(N(C)c3ccc(OC(F)F)cc3)cc2c(=O)n1C(c1ccccc1)c1ccccc1. The third-order valence-electron chi connectivity index (χ3n) is 6.39. The summed E-state index contributed by atoms with van der Waals surface area (Å²) in [5, 5.41) is 0.490. The molecule has 0 aliphatic rings. The average Bonchev–Trinajstić information content (AvgIpc) is 2.91. The molecule has 0 amide bonds. The van der Waals surface area contributed by atoms with Gasteiger partial charge >= 0.3 is 6.61 Å². The largest absolute Gasteiger partial charge is 0.435 e. The first kappa shape index (κ1) is 24.2. The van der Waals surface area contributed by atoms with Crippen LogP contribution in [-0.2, 0) is 0 Å². The highest BCUT2D eigenvalue weighted by Gasteiger charge is 2.21. The summed E-state index contributed by atoms with van der Waals surface area (Å²) in [6.45, 7) is -1.03. The van der Waals surface area contributed by atoms with E-state index in [1.807, 2.05) is 97.7 Å². The van der Waals surface area contributed by atoms with Crippen LogP contribution >= 0.6 is 0 Å². The first-order valence-electron chi connectivity index (χ1n) is 11.8. The molecular weight excluding hydrogens is 472 g/mol. The second kappa shape index (κ2) is 10.2. The minimum absolute atomic E-state index is 0.0843. The van der Waals surface area contributed by atoms with E-state index in [0.29, 0.717) is 16.7 Å². The number of hydrogen-bond acceptors (Lipinski definition) is 4. The van der Waals surface area contributed by atoms with Crippen LogP contribution in [0.3, 0.4) is 0 Å². The van der Waals surface area contributed by atoms with E-state index in [-0.39, 0.29) is 17.4 Å². The van der Waals surface area contributed by atoms with Crippen molar-refractivity contribution < 1.29 is 13.5 Å². The minimum atomic E-state index is -2.88. The Balaban J connectivity index is 1.60. The number of ether oxygens (including phenoxy) is 1. The Labute approximate surface area is 213 Å². The second-order valence-corrected chi connectivity index (χ2v) is 8.69. The van der Waals surface area contributed by atoms with Crippen LogP contribution < -0.4 is 15.2 Å². The predicted molar refractivity (Wildman–Crippen MR) is 142 cm³/mol. The molecule has 7 heteroatoms. The Morgan fingerprint density at radius 3 is 1.95 bits per heavy atom. The fourth-order valence-electron chi connectivity index (χ4n) is 4.57. The van der Waals surface area contributed by atoms with Crippen molar-refractivity contribution in [1.29, 1.82) is 0 Å². The molecule has 1 heterocycles. The number of fused-ring (bicyclic) bond motifs is 1. The van der Waals surface area contributed by atoms with Gasteiger partial charge in [-0.15, -0.1) is 0 Å². The zero-order valence-corrected chi connectivity index (χ0v) is 20.4. The molecular formula is C30H25F2N3O2. The summed E-state index contributed by atoms with van der Waals surface area (Å²) in [5.41, 5.74) is 3.96. The maximum atomic E-state index is 14.0. The number of aromatic nitrogens is 2. The quantitative estimate of drug-likeness (QED) is 0.251. The topological polar surface area (TPSA) is 47.4 Å². The zero-order chi connectivity index (χ0) is 25.9. The van der Waals surface area contributed by atoms with Crippen molar-refractivity contribution in [2.24, 2.45) is 0 Å². The maximum absolute atomic E-state index is 14.0. The lowest BCUT2D eigenvalue weighted by Crippen LogP contribution is -2.29. The van der Waals surface area contributed by atoms with Crippen molar-refractivity contribution in [2.45, 2.75) is 19.6 Å². The third kappa shape index (κ3) is 4.93. The van der Waals surface area contributed by atoms with E-state index in [9.17, 15) is 13.6 Å².